The maximum atomic E-state index is 12.7. The fourth-order valence-electron chi connectivity index (χ4n) is 1.41. The van der Waals surface area contributed by atoms with Crippen molar-refractivity contribution >= 4 is 34.7 Å². The molecule has 0 saturated heterocycles. The van der Waals surface area contributed by atoms with Gasteiger partial charge in [-0.15, -0.1) is 0 Å². The average molecular weight is 340 g/mol. The Hall–Kier alpha value is -0.760. The lowest BCUT2D eigenvalue weighted by Gasteiger charge is -2.26. The van der Waals surface area contributed by atoms with Crippen LogP contribution in [0.25, 0.3) is 0 Å². The molecule has 0 fully saturated rings. The summed E-state index contributed by atoms with van der Waals surface area (Å²) >= 11 is 8.33. The molecule has 0 bridgehead atoms. The van der Waals surface area contributed by atoms with Crippen molar-refractivity contribution in [2.24, 2.45) is 0 Å². The van der Waals surface area contributed by atoms with Crippen molar-refractivity contribution in [3.8, 4) is 0 Å². The van der Waals surface area contributed by atoms with Crippen LogP contribution in [0.15, 0.2) is 39.6 Å². The topological polar surface area (TPSA) is 33.1 Å². The Balaban J connectivity index is 2.18. The van der Waals surface area contributed by atoms with E-state index in [9.17, 15) is 18.3 Å². The minimum Gasteiger partial charge on any atom is -0.376 e. The highest BCUT2D eigenvalue weighted by Crippen LogP contribution is 2.40. The van der Waals surface area contributed by atoms with Crippen LogP contribution in [0.4, 0.5) is 13.2 Å². The summed E-state index contributed by atoms with van der Waals surface area (Å²) in [5.74, 6) is 0. The number of nitrogens with zero attached hydrogens (tertiary/aromatic N) is 1. The minimum absolute atomic E-state index is 0.198. The highest BCUT2D eigenvalue weighted by Gasteiger charge is 2.51. The maximum Gasteiger partial charge on any atom is 0.421 e. The zero-order chi connectivity index (χ0) is 15.0. The van der Waals surface area contributed by atoms with E-state index in [2.05, 4.69) is 4.98 Å². The van der Waals surface area contributed by atoms with Crippen molar-refractivity contribution in [3.63, 3.8) is 0 Å². The summed E-state index contributed by atoms with van der Waals surface area (Å²) in [6, 6.07) is 5.57. The number of aromatic nitrogens is 1. The molecular weight excluding hydrogens is 331 g/mol. The molecule has 1 heterocycles. The third-order valence-electron chi connectivity index (χ3n) is 2.64. The molecule has 1 unspecified atom stereocenters. The molecule has 1 aromatic heterocycles. The van der Waals surface area contributed by atoms with Gasteiger partial charge in [-0.05, 0) is 24.6 Å². The van der Waals surface area contributed by atoms with Crippen molar-refractivity contribution in [1.82, 2.24) is 4.98 Å². The number of aliphatic hydroxyl groups is 1. The molecule has 0 radical (unpaired) electrons. The smallest absolute Gasteiger partial charge is 0.376 e. The van der Waals surface area contributed by atoms with E-state index in [1.54, 1.807) is 6.20 Å². The molecule has 2 aromatic rings. The van der Waals surface area contributed by atoms with Crippen molar-refractivity contribution in [3.05, 3.63) is 40.5 Å². The molecule has 0 aliphatic rings. The fraction of sp³-hybridized carbons (Fsp3) is 0.250. The van der Waals surface area contributed by atoms with Crippen LogP contribution in [0.2, 0.25) is 4.47 Å². The van der Waals surface area contributed by atoms with Crippen molar-refractivity contribution in [1.29, 1.82) is 0 Å². The van der Waals surface area contributed by atoms with Gasteiger partial charge in [0.25, 0.3) is 0 Å². The second-order valence-electron chi connectivity index (χ2n) is 4.13. The predicted octanol–water partition coefficient (Wildman–Crippen LogP) is 4.72. The first-order valence-corrected chi connectivity index (χ1v) is 7.40. The molecule has 1 N–H and O–H groups in total. The Morgan fingerprint density at radius 3 is 2.30 bits per heavy atom. The summed E-state index contributed by atoms with van der Waals surface area (Å²) in [5.41, 5.74) is -3.05. The number of benzene rings is 1. The summed E-state index contributed by atoms with van der Waals surface area (Å²) in [4.78, 5) is 4.62. The van der Waals surface area contributed by atoms with E-state index >= 15 is 0 Å². The third kappa shape index (κ3) is 3.28. The molecule has 0 spiro atoms. The summed E-state index contributed by atoms with van der Waals surface area (Å²) < 4.78 is 39.3. The Morgan fingerprint density at radius 2 is 1.85 bits per heavy atom. The predicted molar refractivity (Wildman–Crippen MR) is 73.3 cm³/mol. The standard InChI is InChI=1S/C12H9ClF3NOS2/c1-11(18,12(14,15)16)7-2-4-8(5-3-7)19-9-6-17-10(13)20-9/h2-6,18H,1H3. The molecule has 0 amide bonds. The summed E-state index contributed by atoms with van der Waals surface area (Å²) in [6.45, 7) is 0.734. The summed E-state index contributed by atoms with van der Waals surface area (Å²) in [6.07, 6.45) is -3.12. The van der Waals surface area contributed by atoms with Crippen molar-refractivity contribution in [2.45, 2.75) is 27.8 Å². The van der Waals surface area contributed by atoms with Gasteiger partial charge in [0.05, 0.1) is 10.4 Å². The van der Waals surface area contributed by atoms with Gasteiger partial charge < -0.3 is 5.11 Å². The summed E-state index contributed by atoms with van der Waals surface area (Å²) in [7, 11) is 0. The first-order valence-electron chi connectivity index (χ1n) is 5.39. The number of rotatable bonds is 3. The molecule has 1 atom stereocenters. The van der Waals surface area contributed by atoms with Gasteiger partial charge in [-0.3, -0.25) is 0 Å². The average Bonchev–Trinajstić information content (AvgIpc) is 2.74. The van der Waals surface area contributed by atoms with Crippen LogP contribution in [-0.2, 0) is 5.60 Å². The molecular formula is C12H9ClF3NOS2. The van der Waals surface area contributed by atoms with Crippen LogP contribution in [0.3, 0.4) is 0 Å². The van der Waals surface area contributed by atoms with Crippen molar-refractivity contribution in [2.75, 3.05) is 0 Å². The van der Waals surface area contributed by atoms with Gasteiger partial charge in [0, 0.05) is 4.90 Å². The molecule has 2 nitrogen and oxygen atoms in total. The SMILES string of the molecule is CC(O)(c1ccc(Sc2cnc(Cl)s2)cc1)C(F)(F)F. The quantitative estimate of drug-likeness (QED) is 0.878. The zero-order valence-electron chi connectivity index (χ0n) is 10.1. The van der Waals surface area contributed by atoms with E-state index in [1.807, 2.05) is 0 Å². The highest BCUT2D eigenvalue weighted by atomic mass is 35.5. The second-order valence-corrected chi connectivity index (χ2v) is 7.12. The van der Waals surface area contributed by atoms with Gasteiger partial charge in [-0.2, -0.15) is 13.2 Å². The first kappa shape index (κ1) is 15.6. The van der Waals surface area contributed by atoms with Crippen LogP contribution in [0, 0.1) is 0 Å². The van der Waals surface area contributed by atoms with Crippen LogP contribution in [-0.4, -0.2) is 16.3 Å². The normalized spacial score (nSPS) is 15.1. The monoisotopic (exact) mass is 339 g/mol. The van der Waals surface area contributed by atoms with Gasteiger partial charge in [0.15, 0.2) is 10.1 Å². The highest BCUT2D eigenvalue weighted by molar-refractivity contribution is 8.01. The van der Waals surface area contributed by atoms with Crippen LogP contribution in [0.1, 0.15) is 12.5 Å². The zero-order valence-corrected chi connectivity index (χ0v) is 12.5. The second kappa shape index (κ2) is 5.55. The third-order valence-corrected chi connectivity index (χ3v) is 4.87. The Bertz CT molecular complexity index is 595. The largest absolute Gasteiger partial charge is 0.421 e. The number of alkyl halides is 3. The lowest BCUT2D eigenvalue weighted by atomic mass is 9.96. The number of hydrogen-bond acceptors (Lipinski definition) is 4. The van der Waals surface area contributed by atoms with Crippen LogP contribution in [0.5, 0.6) is 0 Å². The Labute approximate surface area is 126 Å². The summed E-state index contributed by atoms with van der Waals surface area (Å²) in [5, 5.41) is 9.55. The molecule has 1 aromatic carbocycles. The molecule has 20 heavy (non-hydrogen) atoms. The lowest BCUT2D eigenvalue weighted by molar-refractivity contribution is -0.258. The number of thiazole rings is 1. The van der Waals surface area contributed by atoms with E-state index in [1.165, 1.54) is 47.4 Å². The molecule has 8 heteroatoms. The first-order chi connectivity index (χ1) is 9.20. The molecule has 0 aliphatic carbocycles. The van der Waals surface area contributed by atoms with E-state index in [0.29, 0.717) is 4.47 Å². The maximum absolute atomic E-state index is 12.7. The van der Waals surface area contributed by atoms with E-state index in [0.717, 1.165) is 16.0 Å². The van der Waals surface area contributed by atoms with Gasteiger partial charge in [-0.1, -0.05) is 46.8 Å². The van der Waals surface area contributed by atoms with E-state index < -0.39 is 11.8 Å². The molecule has 2 rings (SSSR count). The minimum atomic E-state index is -4.72. The fourth-order valence-corrected chi connectivity index (χ4v) is 3.53. The Morgan fingerprint density at radius 1 is 1.25 bits per heavy atom. The van der Waals surface area contributed by atoms with E-state index in [-0.39, 0.29) is 5.56 Å². The van der Waals surface area contributed by atoms with E-state index in [4.69, 9.17) is 11.6 Å². The van der Waals surface area contributed by atoms with Crippen LogP contribution >= 0.6 is 34.7 Å². The number of hydrogen-bond donors (Lipinski definition) is 1. The van der Waals surface area contributed by atoms with Crippen molar-refractivity contribution < 1.29 is 18.3 Å². The molecule has 108 valence electrons. The molecule has 0 saturated carbocycles. The van der Waals surface area contributed by atoms with Gasteiger partial charge in [-0.25, -0.2) is 4.98 Å². The lowest BCUT2D eigenvalue weighted by Crippen LogP contribution is -2.39. The number of halogens is 4. The Kier molecular flexibility index (Phi) is 4.34. The van der Waals surface area contributed by atoms with Gasteiger partial charge >= 0.3 is 6.18 Å². The van der Waals surface area contributed by atoms with Gasteiger partial charge in [0.1, 0.15) is 0 Å². The van der Waals surface area contributed by atoms with Crippen LogP contribution < -0.4 is 0 Å². The van der Waals surface area contributed by atoms with Gasteiger partial charge in [0.2, 0.25) is 0 Å². The molecule has 0 aliphatic heterocycles.